The molecule has 1 heterocycles. The van der Waals surface area contributed by atoms with Gasteiger partial charge in [0.15, 0.2) is 5.84 Å². The van der Waals surface area contributed by atoms with Crippen molar-refractivity contribution in [1.29, 1.82) is 0 Å². The number of aromatic nitrogens is 1. The summed E-state index contributed by atoms with van der Waals surface area (Å²) in [7, 11) is 1.62. The minimum atomic E-state index is 0.278. The van der Waals surface area contributed by atoms with Crippen molar-refractivity contribution in [3.63, 3.8) is 0 Å². The lowest BCUT2D eigenvalue weighted by Gasteiger charge is -1.99. The van der Waals surface area contributed by atoms with Gasteiger partial charge in [0, 0.05) is 6.20 Å². The van der Waals surface area contributed by atoms with Crippen LogP contribution >= 0.6 is 0 Å². The molecule has 0 aliphatic carbocycles. The van der Waals surface area contributed by atoms with E-state index in [1.165, 1.54) is 0 Å². The van der Waals surface area contributed by atoms with Crippen molar-refractivity contribution >= 4 is 12.1 Å². The summed E-state index contributed by atoms with van der Waals surface area (Å²) in [5.41, 5.74) is 7.25. The number of nitrogens with zero attached hydrogens (tertiary/aromatic N) is 3. The smallest absolute Gasteiger partial charge is 0.171 e. The van der Waals surface area contributed by atoms with Gasteiger partial charge in [0.25, 0.3) is 0 Å². The fourth-order valence-electron chi connectivity index (χ4n) is 1.45. The minimum Gasteiger partial charge on any atom is -0.497 e. The van der Waals surface area contributed by atoms with Crippen molar-refractivity contribution < 1.29 is 4.74 Å². The molecule has 5 nitrogen and oxygen atoms in total. The van der Waals surface area contributed by atoms with E-state index < -0.39 is 0 Å². The lowest BCUT2D eigenvalue weighted by atomic mass is 10.2. The summed E-state index contributed by atoms with van der Waals surface area (Å²) in [5.74, 6) is 1.05. The fourth-order valence-corrected chi connectivity index (χ4v) is 1.45. The number of amidine groups is 1. The van der Waals surface area contributed by atoms with Gasteiger partial charge >= 0.3 is 0 Å². The summed E-state index contributed by atoms with van der Waals surface area (Å²) >= 11 is 0. The third kappa shape index (κ3) is 3.64. The molecule has 1 aromatic carbocycles. The van der Waals surface area contributed by atoms with Crippen LogP contribution in [0.5, 0.6) is 5.75 Å². The summed E-state index contributed by atoms with van der Waals surface area (Å²) in [6, 6.07) is 12.9. The Morgan fingerprint density at radius 1 is 1.26 bits per heavy atom. The van der Waals surface area contributed by atoms with Crippen molar-refractivity contribution in [2.45, 2.75) is 0 Å². The molecule has 0 bridgehead atoms. The second-order valence-corrected chi connectivity index (χ2v) is 3.72. The number of pyridine rings is 1. The highest BCUT2D eigenvalue weighted by Crippen LogP contribution is 2.10. The molecule has 0 spiro atoms. The van der Waals surface area contributed by atoms with Gasteiger partial charge in [0.2, 0.25) is 0 Å². The van der Waals surface area contributed by atoms with Crippen LogP contribution < -0.4 is 10.5 Å². The van der Waals surface area contributed by atoms with E-state index in [1.54, 1.807) is 25.6 Å². The number of rotatable bonds is 4. The monoisotopic (exact) mass is 254 g/mol. The lowest BCUT2D eigenvalue weighted by Crippen LogP contribution is -2.14. The quantitative estimate of drug-likeness (QED) is 0.514. The van der Waals surface area contributed by atoms with E-state index in [0.29, 0.717) is 5.69 Å². The number of hydrogen-bond acceptors (Lipinski definition) is 4. The average Bonchev–Trinajstić information content (AvgIpc) is 2.48. The van der Waals surface area contributed by atoms with Crippen molar-refractivity contribution in [3.8, 4) is 5.75 Å². The van der Waals surface area contributed by atoms with Gasteiger partial charge in [-0.05, 0) is 29.8 Å². The summed E-state index contributed by atoms with van der Waals surface area (Å²) in [6.45, 7) is 0. The Hall–Kier alpha value is -2.69. The Balaban J connectivity index is 2.10. The Labute approximate surface area is 111 Å². The van der Waals surface area contributed by atoms with Crippen molar-refractivity contribution in [1.82, 2.24) is 4.98 Å². The van der Waals surface area contributed by atoms with Gasteiger partial charge in [0.05, 0.1) is 13.3 Å². The molecule has 1 aromatic heterocycles. The molecule has 0 aliphatic heterocycles. The van der Waals surface area contributed by atoms with Gasteiger partial charge in [0.1, 0.15) is 11.4 Å². The molecular weight excluding hydrogens is 240 g/mol. The van der Waals surface area contributed by atoms with Crippen molar-refractivity contribution in [2.75, 3.05) is 7.11 Å². The van der Waals surface area contributed by atoms with Crippen LogP contribution in [-0.4, -0.2) is 24.1 Å². The van der Waals surface area contributed by atoms with E-state index in [9.17, 15) is 0 Å². The zero-order valence-electron chi connectivity index (χ0n) is 10.5. The van der Waals surface area contributed by atoms with Gasteiger partial charge < -0.3 is 10.5 Å². The van der Waals surface area contributed by atoms with Crippen LogP contribution in [-0.2, 0) is 0 Å². The first kappa shape index (κ1) is 12.8. The first-order valence-electron chi connectivity index (χ1n) is 5.71. The molecule has 0 saturated carbocycles. The van der Waals surface area contributed by atoms with Gasteiger partial charge in [-0.3, -0.25) is 4.98 Å². The van der Waals surface area contributed by atoms with Crippen LogP contribution in [0.2, 0.25) is 0 Å². The van der Waals surface area contributed by atoms with E-state index in [2.05, 4.69) is 15.2 Å². The highest BCUT2D eigenvalue weighted by molar-refractivity contribution is 5.95. The maximum Gasteiger partial charge on any atom is 0.171 e. The van der Waals surface area contributed by atoms with Crippen LogP contribution in [0.25, 0.3) is 0 Å². The number of methoxy groups -OCH3 is 1. The highest BCUT2D eigenvalue weighted by atomic mass is 16.5. The molecule has 0 saturated heterocycles. The summed E-state index contributed by atoms with van der Waals surface area (Å²) < 4.78 is 5.12. The molecule has 0 radical (unpaired) electrons. The molecule has 0 fully saturated rings. The zero-order chi connectivity index (χ0) is 13.5. The molecular formula is C14H14N4O. The molecule has 0 aliphatic rings. The maximum absolute atomic E-state index is 5.76. The van der Waals surface area contributed by atoms with Crippen LogP contribution in [0.1, 0.15) is 11.3 Å². The summed E-state index contributed by atoms with van der Waals surface area (Å²) in [5, 5.41) is 7.84. The molecule has 19 heavy (non-hydrogen) atoms. The van der Waals surface area contributed by atoms with Crippen molar-refractivity contribution in [2.24, 2.45) is 15.9 Å². The largest absolute Gasteiger partial charge is 0.497 e. The predicted octanol–water partition coefficient (Wildman–Crippen LogP) is 1.83. The van der Waals surface area contributed by atoms with Gasteiger partial charge in [-0.2, -0.15) is 5.10 Å². The van der Waals surface area contributed by atoms with E-state index in [4.69, 9.17) is 10.5 Å². The molecule has 5 heteroatoms. The Morgan fingerprint density at radius 2 is 2.16 bits per heavy atom. The third-order valence-corrected chi connectivity index (χ3v) is 2.39. The first-order valence-corrected chi connectivity index (χ1v) is 5.71. The van der Waals surface area contributed by atoms with Crippen molar-refractivity contribution in [3.05, 3.63) is 59.9 Å². The SMILES string of the molecule is COc1cccc(/C=N/N=C(\N)c2ccccn2)c1. The Bertz CT molecular complexity index is 593. The van der Waals surface area contributed by atoms with Gasteiger partial charge in [-0.15, -0.1) is 5.10 Å². The predicted molar refractivity (Wildman–Crippen MR) is 75.5 cm³/mol. The minimum absolute atomic E-state index is 0.278. The van der Waals surface area contributed by atoms with Crippen LogP contribution in [0, 0.1) is 0 Å². The highest BCUT2D eigenvalue weighted by Gasteiger charge is 1.97. The van der Waals surface area contributed by atoms with E-state index in [0.717, 1.165) is 11.3 Å². The number of hydrogen-bond donors (Lipinski definition) is 1. The Kier molecular flexibility index (Phi) is 4.23. The number of ether oxygens (including phenoxy) is 1. The average molecular weight is 254 g/mol. The first-order chi connectivity index (χ1) is 9.29. The van der Waals surface area contributed by atoms with E-state index in [1.807, 2.05) is 36.4 Å². The molecule has 2 rings (SSSR count). The standard InChI is InChI=1S/C14H14N4O/c1-19-12-6-4-5-11(9-12)10-17-18-14(15)13-7-2-3-8-16-13/h2-10H,1H3,(H2,15,18)/b17-10+. The number of nitrogens with two attached hydrogens (primary N) is 1. The van der Waals surface area contributed by atoms with E-state index in [-0.39, 0.29) is 5.84 Å². The second kappa shape index (κ2) is 6.30. The maximum atomic E-state index is 5.76. The van der Waals surface area contributed by atoms with Crippen LogP contribution in [0.15, 0.2) is 58.9 Å². The molecule has 0 unspecified atom stereocenters. The lowest BCUT2D eigenvalue weighted by molar-refractivity contribution is 0.415. The van der Waals surface area contributed by atoms with Crippen LogP contribution in [0.3, 0.4) is 0 Å². The van der Waals surface area contributed by atoms with Gasteiger partial charge in [-0.25, -0.2) is 0 Å². The fraction of sp³-hybridized carbons (Fsp3) is 0.0714. The normalized spacial score (nSPS) is 11.7. The molecule has 0 atom stereocenters. The second-order valence-electron chi connectivity index (χ2n) is 3.72. The molecule has 2 aromatic rings. The number of benzene rings is 1. The topological polar surface area (TPSA) is 72.9 Å². The molecule has 2 N–H and O–H groups in total. The zero-order valence-corrected chi connectivity index (χ0v) is 10.5. The third-order valence-electron chi connectivity index (χ3n) is 2.39. The van der Waals surface area contributed by atoms with Gasteiger partial charge in [-0.1, -0.05) is 18.2 Å². The summed E-state index contributed by atoms with van der Waals surface area (Å²) in [4.78, 5) is 4.08. The molecule has 96 valence electrons. The van der Waals surface area contributed by atoms with E-state index >= 15 is 0 Å². The van der Waals surface area contributed by atoms with Crippen LogP contribution in [0.4, 0.5) is 0 Å². The summed E-state index contributed by atoms with van der Waals surface area (Å²) in [6.07, 6.45) is 3.27. The Morgan fingerprint density at radius 3 is 2.89 bits per heavy atom. The molecule has 0 amide bonds.